The average molecular weight is 451 g/mol. The summed E-state index contributed by atoms with van der Waals surface area (Å²) in [5, 5.41) is 0. The predicted octanol–water partition coefficient (Wildman–Crippen LogP) is 5.52. The van der Waals surface area contributed by atoms with E-state index in [1.807, 2.05) is 12.1 Å². The van der Waals surface area contributed by atoms with Gasteiger partial charge in [-0.15, -0.1) is 0 Å². The van der Waals surface area contributed by atoms with E-state index < -0.39 is 0 Å². The highest BCUT2D eigenvalue weighted by atomic mass is 16.5. The van der Waals surface area contributed by atoms with Gasteiger partial charge in [-0.3, -0.25) is 0 Å². The lowest BCUT2D eigenvalue weighted by Gasteiger charge is -2.25. The first-order chi connectivity index (χ1) is 16.7. The molecule has 0 aliphatic heterocycles. The highest BCUT2D eigenvalue weighted by Crippen LogP contribution is 2.40. The lowest BCUT2D eigenvalue weighted by Crippen LogP contribution is -2.40. The van der Waals surface area contributed by atoms with Crippen molar-refractivity contribution in [2.75, 3.05) is 21.3 Å². The van der Waals surface area contributed by atoms with Crippen molar-refractivity contribution in [3.8, 4) is 45.5 Å². The van der Waals surface area contributed by atoms with Crippen LogP contribution in [0.5, 0.6) is 17.2 Å². The molecular weight excluding hydrogens is 422 g/mol. The fourth-order valence-corrected chi connectivity index (χ4v) is 5.51. The second-order valence-electron chi connectivity index (χ2n) is 8.97. The Balaban J connectivity index is 1.68. The van der Waals surface area contributed by atoms with Crippen molar-refractivity contribution in [2.45, 2.75) is 25.7 Å². The van der Waals surface area contributed by atoms with Gasteiger partial charge in [0.2, 0.25) is 17.1 Å². The van der Waals surface area contributed by atoms with Crippen LogP contribution in [0.2, 0.25) is 0 Å². The molecule has 4 heteroatoms. The summed E-state index contributed by atoms with van der Waals surface area (Å²) in [6.45, 7) is 0. The molecule has 0 saturated carbocycles. The summed E-state index contributed by atoms with van der Waals surface area (Å²) in [5.74, 6) is 2.68. The Morgan fingerprint density at radius 2 is 0.941 bits per heavy atom. The number of pyridine rings is 1. The molecule has 4 aromatic rings. The van der Waals surface area contributed by atoms with Crippen LogP contribution in [-0.4, -0.2) is 21.3 Å². The number of hydrogen-bond donors (Lipinski definition) is 0. The van der Waals surface area contributed by atoms with Gasteiger partial charge in [0, 0.05) is 23.3 Å². The predicted molar refractivity (Wildman–Crippen MR) is 133 cm³/mol. The highest BCUT2D eigenvalue weighted by Gasteiger charge is 2.35. The Morgan fingerprint density at radius 3 is 1.41 bits per heavy atom. The minimum Gasteiger partial charge on any atom is -0.497 e. The van der Waals surface area contributed by atoms with E-state index in [0.29, 0.717) is 0 Å². The molecule has 34 heavy (non-hydrogen) atoms. The minimum absolute atomic E-state index is 0.860. The zero-order chi connectivity index (χ0) is 23.2. The quantitative estimate of drug-likeness (QED) is 0.384. The second-order valence-corrected chi connectivity index (χ2v) is 8.97. The van der Waals surface area contributed by atoms with Gasteiger partial charge in [-0.1, -0.05) is 0 Å². The maximum atomic E-state index is 5.53. The molecule has 3 aromatic carbocycles. The van der Waals surface area contributed by atoms with E-state index in [2.05, 4.69) is 59.2 Å². The first-order valence-electron chi connectivity index (χ1n) is 11.8. The van der Waals surface area contributed by atoms with E-state index in [-0.39, 0.29) is 0 Å². The van der Waals surface area contributed by atoms with E-state index in [4.69, 9.17) is 14.2 Å². The van der Waals surface area contributed by atoms with Crippen molar-refractivity contribution in [3.63, 3.8) is 0 Å². The van der Waals surface area contributed by atoms with Crippen LogP contribution in [0.3, 0.4) is 0 Å². The van der Waals surface area contributed by atoms with Crippen molar-refractivity contribution >= 4 is 0 Å². The van der Waals surface area contributed by atoms with E-state index in [9.17, 15) is 0 Å². The summed E-state index contributed by atoms with van der Waals surface area (Å²) in [7, 11) is 5.18. The van der Waals surface area contributed by atoms with Crippen LogP contribution < -0.4 is 18.8 Å². The minimum atomic E-state index is 0.860. The Labute approximate surface area is 200 Å². The van der Waals surface area contributed by atoms with Gasteiger partial charge in [0.05, 0.1) is 32.5 Å². The summed E-state index contributed by atoms with van der Waals surface area (Å²) in [6, 6.07) is 23.8. The fourth-order valence-electron chi connectivity index (χ4n) is 5.51. The van der Waals surface area contributed by atoms with Gasteiger partial charge in [-0.25, -0.2) is 0 Å². The fraction of sp³-hybridized carbons (Fsp3) is 0.233. The van der Waals surface area contributed by atoms with Gasteiger partial charge in [-0.2, -0.15) is 4.57 Å². The van der Waals surface area contributed by atoms with Crippen LogP contribution in [0.15, 0.2) is 66.7 Å². The zero-order valence-electron chi connectivity index (χ0n) is 19.9. The topological polar surface area (TPSA) is 31.6 Å². The third kappa shape index (κ3) is 3.25. The van der Waals surface area contributed by atoms with Crippen LogP contribution in [0.25, 0.3) is 28.2 Å². The van der Waals surface area contributed by atoms with Crippen molar-refractivity contribution in [3.05, 3.63) is 89.0 Å². The van der Waals surface area contributed by atoms with Gasteiger partial charge in [0.15, 0.2) is 0 Å². The number of benzene rings is 3. The number of ether oxygens (including phenoxy) is 3. The highest BCUT2D eigenvalue weighted by molar-refractivity contribution is 5.75. The van der Waals surface area contributed by atoms with Gasteiger partial charge in [-0.05, 0) is 91.4 Å². The van der Waals surface area contributed by atoms with Crippen molar-refractivity contribution < 1.29 is 18.8 Å². The SMILES string of the molecule is COc1ccc(-[n+]2c3c(cc4c2-c2ccc(OC)cc2CC4)CCc2cc(OC)ccc2-3)cc1. The molecule has 0 N–H and O–H groups in total. The monoisotopic (exact) mass is 450 g/mol. The molecule has 2 aliphatic rings. The first kappa shape index (κ1) is 20.8. The van der Waals surface area contributed by atoms with Gasteiger partial charge in [0.1, 0.15) is 17.2 Å². The molecular formula is C30H28NO3+. The average Bonchev–Trinajstić information content (AvgIpc) is 2.90. The normalized spacial score (nSPS) is 13.3. The zero-order valence-corrected chi connectivity index (χ0v) is 19.9. The first-order valence-corrected chi connectivity index (χ1v) is 11.8. The molecule has 6 rings (SSSR count). The molecule has 0 spiro atoms. The molecule has 2 aliphatic carbocycles. The van der Waals surface area contributed by atoms with Gasteiger partial charge < -0.3 is 14.2 Å². The smallest absolute Gasteiger partial charge is 0.222 e. The summed E-state index contributed by atoms with van der Waals surface area (Å²) in [5.41, 5.74) is 11.7. The summed E-state index contributed by atoms with van der Waals surface area (Å²) < 4.78 is 19.0. The number of fused-ring (bicyclic) bond motifs is 6. The summed E-state index contributed by atoms with van der Waals surface area (Å²) in [4.78, 5) is 0. The number of rotatable bonds is 4. The number of hydrogen-bond acceptors (Lipinski definition) is 3. The number of nitrogens with zero attached hydrogens (tertiary/aromatic N) is 1. The lowest BCUT2D eigenvalue weighted by atomic mass is 9.82. The Hall–Kier alpha value is -3.79. The van der Waals surface area contributed by atoms with Crippen LogP contribution in [0, 0.1) is 0 Å². The summed E-state index contributed by atoms with van der Waals surface area (Å²) in [6.07, 6.45) is 4.09. The molecule has 0 saturated heterocycles. The molecule has 1 heterocycles. The van der Waals surface area contributed by atoms with Crippen molar-refractivity contribution in [1.29, 1.82) is 0 Å². The van der Waals surface area contributed by atoms with Crippen LogP contribution in [-0.2, 0) is 25.7 Å². The standard InChI is InChI=1S/C30H28NO3/c1-32-24-10-8-23(9-11-24)31-29-21(6-4-19-17-25(33-2)12-14-27(19)29)16-22-7-5-20-18-26(34-3)13-15-28(20)30(22)31/h8-18H,4-7H2,1-3H3/q+1. The Kier molecular flexibility index (Phi) is 5.02. The maximum absolute atomic E-state index is 5.53. The van der Waals surface area contributed by atoms with E-state index in [1.165, 1.54) is 44.8 Å². The number of methoxy groups -OCH3 is 3. The Morgan fingerprint density at radius 1 is 0.500 bits per heavy atom. The molecule has 4 nitrogen and oxygen atoms in total. The number of aryl methyl sites for hydroxylation is 4. The van der Waals surface area contributed by atoms with Crippen LogP contribution >= 0.6 is 0 Å². The Bertz CT molecular complexity index is 1320. The number of aromatic nitrogens is 1. The molecule has 0 radical (unpaired) electrons. The molecule has 1 aromatic heterocycles. The van der Waals surface area contributed by atoms with E-state index >= 15 is 0 Å². The third-order valence-electron chi connectivity index (χ3n) is 7.20. The summed E-state index contributed by atoms with van der Waals surface area (Å²) >= 11 is 0. The van der Waals surface area contributed by atoms with Gasteiger partial charge in [0.25, 0.3) is 0 Å². The lowest BCUT2D eigenvalue weighted by molar-refractivity contribution is -0.573. The van der Waals surface area contributed by atoms with Crippen molar-refractivity contribution in [2.24, 2.45) is 0 Å². The molecule has 170 valence electrons. The van der Waals surface area contributed by atoms with E-state index in [0.717, 1.165) is 48.6 Å². The molecule has 0 fully saturated rings. The molecule has 0 amide bonds. The molecule has 0 bridgehead atoms. The largest absolute Gasteiger partial charge is 0.497 e. The van der Waals surface area contributed by atoms with Crippen LogP contribution in [0.1, 0.15) is 22.3 Å². The second kappa shape index (κ2) is 8.21. The van der Waals surface area contributed by atoms with Gasteiger partial charge >= 0.3 is 0 Å². The molecule has 0 unspecified atom stereocenters. The molecule has 0 atom stereocenters. The van der Waals surface area contributed by atoms with Crippen molar-refractivity contribution in [1.82, 2.24) is 0 Å². The van der Waals surface area contributed by atoms with E-state index in [1.54, 1.807) is 21.3 Å². The third-order valence-corrected chi connectivity index (χ3v) is 7.20. The van der Waals surface area contributed by atoms with Crippen LogP contribution in [0.4, 0.5) is 0 Å². The maximum Gasteiger partial charge on any atom is 0.222 e.